The molecule has 3 heterocycles. The van der Waals surface area contributed by atoms with Gasteiger partial charge in [-0.25, -0.2) is 13.2 Å². The van der Waals surface area contributed by atoms with E-state index in [1.807, 2.05) is 32.2 Å². The summed E-state index contributed by atoms with van der Waals surface area (Å²) in [5.74, 6) is 0.595. The zero-order chi connectivity index (χ0) is 22.5. The van der Waals surface area contributed by atoms with Gasteiger partial charge in [-0.05, 0) is 37.5 Å². The number of rotatable bonds is 3. The van der Waals surface area contributed by atoms with Crippen molar-refractivity contribution in [1.82, 2.24) is 4.31 Å². The number of hydrogen-bond acceptors (Lipinski definition) is 6. The lowest BCUT2D eigenvalue weighted by atomic mass is 10.00. The Morgan fingerprint density at radius 2 is 1.81 bits per heavy atom. The fraction of sp³-hybridized carbons (Fsp3) is 0.435. The minimum absolute atomic E-state index is 0.102. The van der Waals surface area contributed by atoms with Gasteiger partial charge in [0.2, 0.25) is 10.0 Å². The summed E-state index contributed by atoms with van der Waals surface area (Å²) in [6, 6.07) is 10.9. The summed E-state index contributed by atoms with van der Waals surface area (Å²) in [6.45, 7) is 4.25. The van der Waals surface area contributed by atoms with Crippen molar-refractivity contribution in [2.24, 2.45) is 0 Å². The molecule has 3 aliphatic rings. The van der Waals surface area contributed by atoms with Crippen LogP contribution in [-0.2, 0) is 21.4 Å². The minimum Gasteiger partial charge on any atom is -0.490 e. The van der Waals surface area contributed by atoms with Crippen molar-refractivity contribution < 1.29 is 22.7 Å². The number of hydrogen-bond donors (Lipinski definition) is 0. The van der Waals surface area contributed by atoms with Crippen molar-refractivity contribution in [3.05, 3.63) is 47.5 Å². The molecule has 3 aliphatic heterocycles. The van der Waals surface area contributed by atoms with E-state index in [9.17, 15) is 13.2 Å². The summed E-state index contributed by atoms with van der Waals surface area (Å²) >= 11 is 0. The van der Waals surface area contributed by atoms with E-state index in [1.165, 1.54) is 4.31 Å². The normalized spacial score (nSPS) is 19.8. The van der Waals surface area contributed by atoms with E-state index in [2.05, 4.69) is 4.90 Å². The van der Waals surface area contributed by atoms with Crippen molar-refractivity contribution in [3.8, 4) is 5.75 Å². The number of likely N-dealkylation sites (N-methyl/N-ethyl adjacent to an activating group) is 1. The molecule has 0 N–H and O–H groups in total. The molecule has 0 spiro atoms. The Bertz CT molecular complexity index is 1160. The number of carbonyl (C=O) groups is 1. The number of fused-ring (bicyclic) bond motifs is 2. The predicted octanol–water partition coefficient (Wildman–Crippen LogP) is 3.13. The third kappa shape index (κ3) is 3.49. The number of anilines is 2. The number of nitrogens with zero attached hydrogens (tertiary/aromatic N) is 3. The van der Waals surface area contributed by atoms with E-state index in [0.717, 1.165) is 29.0 Å². The van der Waals surface area contributed by atoms with E-state index in [1.54, 1.807) is 23.1 Å². The number of para-hydroxylation sites is 1. The molecule has 0 bridgehead atoms. The molecule has 0 aliphatic carbocycles. The highest BCUT2D eigenvalue weighted by molar-refractivity contribution is 7.89. The van der Waals surface area contributed by atoms with E-state index in [-0.39, 0.29) is 23.6 Å². The molecule has 8 nitrogen and oxygen atoms in total. The Morgan fingerprint density at radius 3 is 2.59 bits per heavy atom. The third-order valence-electron chi connectivity index (χ3n) is 6.56. The highest BCUT2D eigenvalue weighted by atomic mass is 32.2. The molecule has 32 heavy (non-hydrogen) atoms. The van der Waals surface area contributed by atoms with E-state index in [0.29, 0.717) is 38.3 Å². The van der Waals surface area contributed by atoms with Crippen LogP contribution in [0.4, 0.5) is 16.2 Å². The fourth-order valence-electron chi connectivity index (χ4n) is 4.80. The van der Waals surface area contributed by atoms with Crippen molar-refractivity contribution in [2.75, 3.05) is 43.1 Å². The summed E-state index contributed by atoms with van der Waals surface area (Å²) < 4.78 is 39.2. The highest BCUT2D eigenvalue weighted by Gasteiger charge is 2.38. The van der Waals surface area contributed by atoms with Crippen molar-refractivity contribution in [1.29, 1.82) is 0 Å². The maximum absolute atomic E-state index is 13.3. The molecule has 2 aromatic carbocycles. The molecule has 1 amide bonds. The fourth-order valence-corrected chi connectivity index (χ4v) is 6.29. The van der Waals surface area contributed by atoms with Crippen molar-refractivity contribution in [2.45, 2.75) is 37.3 Å². The molecule has 0 atom stereocenters. The van der Waals surface area contributed by atoms with Crippen LogP contribution in [-0.4, -0.2) is 58.1 Å². The van der Waals surface area contributed by atoms with Crippen LogP contribution < -0.4 is 14.5 Å². The average molecular weight is 458 g/mol. The van der Waals surface area contributed by atoms with Gasteiger partial charge in [-0.1, -0.05) is 18.2 Å². The lowest BCUT2D eigenvalue weighted by molar-refractivity contribution is 0.135. The number of amides is 1. The van der Waals surface area contributed by atoms with Gasteiger partial charge in [0.15, 0.2) is 0 Å². The van der Waals surface area contributed by atoms with Gasteiger partial charge in [-0.3, -0.25) is 4.90 Å². The van der Waals surface area contributed by atoms with Crippen LogP contribution in [0.15, 0.2) is 41.3 Å². The van der Waals surface area contributed by atoms with E-state index < -0.39 is 10.0 Å². The number of ether oxygens (including phenoxy) is 2. The predicted molar refractivity (Wildman–Crippen MR) is 121 cm³/mol. The zero-order valence-corrected chi connectivity index (χ0v) is 19.1. The molecule has 0 unspecified atom stereocenters. The molecule has 0 saturated carbocycles. The summed E-state index contributed by atoms with van der Waals surface area (Å²) in [4.78, 5) is 16.6. The number of piperidine rings is 1. The monoisotopic (exact) mass is 457 g/mol. The van der Waals surface area contributed by atoms with E-state index in [4.69, 9.17) is 9.47 Å². The Labute approximate surface area is 188 Å². The molecule has 170 valence electrons. The van der Waals surface area contributed by atoms with Gasteiger partial charge >= 0.3 is 6.09 Å². The minimum atomic E-state index is -3.65. The van der Waals surface area contributed by atoms with Crippen LogP contribution in [0.5, 0.6) is 5.75 Å². The lowest BCUT2D eigenvalue weighted by Gasteiger charge is -2.40. The van der Waals surface area contributed by atoms with Crippen LogP contribution >= 0.6 is 0 Å². The summed E-state index contributed by atoms with van der Waals surface area (Å²) in [5.41, 5.74) is 3.81. The Morgan fingerprint density at radius 1 is 1.03 bits per heavy atom. The number of carbonyl (C=O) groups excluding carboxylic acids is 1. The molecule has 5 rings (SSSR count). The van der Waals surface area contributed by atoms with Crippen LogP contribution in [0.1, 0.15) is 24.0 Å². The summed E-state index contributed by atoms with van der Waals surface area (Å²) in [5, 5.41) is 0. The quantitative estimate of drug-likeness (QED) is 0.705. The molecule has 9 heteroatoms. The smallest absolute Gasteiger partial charge is 0.414 e. The number of sulfonamides is 1. The van der Waals surface area contributed by atoms with Crippen LogP contribution in [0.25, 0.3) is 0 Å². The van der Waals surface area contributed by atoms with Crippen LogP contribution in [0.2, 0.25) is 0 Å². The Balaban J connectivity index is 1.35. The molecular weight excluding hydrogens is 430 g/mol. The number of aryl methyl sites for hydroxylation is 1. The highest BCUT2D eigenvalue weighted by Crippen LogP contribution is 2.37. The lowest BCUT2D eigenvalue weighted by Crippen LogP contribution is -2.50. The first-order valence-corrected chi connectivity index (χ1v) is 12.3. The standard InChI is InChI=1S/C23H27N3O5S/c1-16-4-3-5-17-15-31-23(27)26(22(16)17)18-8-10-25(11-9-18)32(28,29)19-6-7-20-21(14-19)30-13-12-24(20)2/h3-7,14,18H,8-13,15H2,1-2H3. The molecule has 1 saturated heterocycles. The first kappa shape index (κ1) is 21.1. The molecule has 0 radical (unpaired) electrons. The number of benzene rings is 2. The Kier molecular flexibility index (Phi) is 5.25. The second-order valence-electron chi connectivity index (χ2n) is 8.54. The van der Waals surface area contributed by atoms with Crippen molar-refractivity contribution in [3.63, 3.8) is 0 Å². The summed E-state index contributed by atoms with van der Waals surface area (Å²) in [7, 11) is -1.69. The molecular formula is C23H27N3O5S. The second kappa shape index (κ2) is 7.97. The zero-order valence-electron chi connectivity index (χ0n) is 18.3. The van der Waals surface area contributed by atoms with Gasteiger partial charge in [-0.2, -0.15) is 4.31 Å². The Hall–Kier alpha value is -2.78. The third-order valence-corrected chi connectivity index (χ3v) is 8.46. The average Bonchev–Trinajstić information content (AvgIpc) is 2.79. The molecule has 1 fully saturated rings. The van der Waals surface area contributed by atoms with Crippen molar-refractivity contribution >= 4 is 27.5 Å². The van der Waals surface area contributed by atoms with Gasteiger partial charge in [0, 0.05) is 37.8 Å². The SMILES string of the molecule is Cc1cccc2c1N(C1CCN(S(=O)(=O)c3ccc4c(c3)OCCN4C)CC1)C(=O)OC2. The van der Waals surface area contributed by atoms with Crippen LogP contribution in [0.3, 0.4) is 0 Å². The molecule has 0 aromatic heterocycles. The maximum Gasteiger partial charge on any atom is 0.414 e. The second-order valence-corrected chi connectivity index (χ2v) is 10.5. The number of cyclic esters (lactones) is 1. The first-order valence-electron chi connectivity index (χ1n) is 10.9. The maximum atomic E-state index is 13.3. The summed E-state index contributed by atoms with van der Waals surface area (Å²) in [6.07, 6.45) is 0.738. The first-order chi connectivity index (χ1) is 15.4. The van der Waals surface area contributed by atoms with Gasteiger partial charge in [0.05, 0.1) is 22.8 Å². The van der Waals surface area contributed by atoms with Gasteiger partial charge in [0.1, 0.15) is 19.0 Å². The van der Waals surface area contributed by atoms with Gasteiger partial charge in [0.25, 0.3) is 0 Å². The van der Waals surface area contributed by atoms with Gasteiger partial charge < -0.3 is 14.4 Å². The van der Waals surface area contributed by atoms with Gasteiger partial charge in [-0.15, -0.1) is 0 Å². The molecule has 2 aromatic rings. The largest absolute Gasteiger partial charge is 0.490 e. The van der Waals surface area contributed by atoms with Crippen LogP contribution in [0, 0.1) is 6.92 Å². The topological polar surface area (TPSA) is 79.4 Å². The van der Waals surface area contributed by atoms with E-state index >= 15 is 0 Å².